The van der Waals surface area contributed by atoms with Gasteiger partial charge in [-0.05, 0) is 29.8 Å². The molecule has 0 bridgehead atoms. The van der Waals surface area contributed by atoms with Crippen LogP contribution in [0.3, 0.4) is 0 Å². The second-order valence-corrected chi connectivity index (χ2v) is 3.73. The Bertz CT molecular complexity index is 506. The average molecular weight is 251 g/mol. The maximum Gasteiger partial charge on any atom is 0.416 e. The van der Waals surface area contributed by atoms with Gasteiger partial charge in [0, 0.05) is 0 Å². The Morgan fingerprint density at radius 3 is 2.44 bits per heavy atom. The third-order valence-corrected chi connectivity index (χ3v) is 2.34. The highest BCUT2D eigenvalue weighted by atomic mass is 19.4. The molecule has 18 heavy (non-hydrogen) atoms. The number of alkyl halides is 3. The topological polar surface area (TPSA) is 9.23 Å². The first-order valence-electron chi connectivity index (χ1n) is 5.31. The molecule has 2 aromatic carbocycles. The molecule has 4 heteroatoms. The molecule has 2 rings (SSSR count). The first-order chi connectivity index (χ1) is 8.55. The molecule has 0 atom stereocenters. The second-order valence-electron chi connectivity index (χ2n) is 3.73. The molecule has 0 unspecified atom stereocenters. The molecular weight excluding hydrogens is 241 g/mol. The van der Waals surface area contributed by atoms with Gasteiger partial charge in [0.05, 0.1) is 5.56 Å². The molecule has 0 aromatic heterocycles. The zero-order valence-electron chi connectivity index (χ0n) is 9.37. The van der Waals surface area contributed by atoms with Crippen molar-refractivity contribution in [2.75, 3.05) is 0 Å². The van der Waals surface area contributed by atoms with Crippen LogP contribution >= 0.6 is 0 Å². The summed E-state index contributed by atoms with van der Waals surface area (Å²) in [5, 5.41) is 0. The van der Waals surface area contributed by atoms with Crippen molar-refractivity contribution in [3.8, 4) is 5.75 Å². The lowest BCUT2D eigenvalue weighted by molar-refractivity contribution is -0.137. The Morgan fingerprint density at radius 1 is 1.06 bits per heavy atom. The van der Waals surface area contributed by atoms with Gasteiger partial charge in [0.2, 0.25) is 0 Å². The predicted molar refractivity (Wildman–Crippen MR) is 61.1 cm³/mol. The summed E-state index contributed by atoms with van der Waals surface area (Å²) in [6.07, 6.45) is -4.37. The highest BCUT2D eigenvalue weighted by molar-refractivity contribution is 5.29. The minimum Gasteiger partial charge on any atom is -0.489 e. The fourth-order valence-electron chi connectivity index (χ4n) is 1.44. The molecule has 0 amide bonds. The summed E-state index contributed by atoms with van der Waals surface area (Å²) >= 11 is 0. The van der Waals surface area contributed by atoms with E-state index in [1.54, 1.807) is 0 Å². The van der Waals surface area contributed by atoms with Crippen molar-refractivity contribution in [2.24, 2.45) is 0 Å². The summed E-state index contributed by atoms with van der Waals surface area (Å²) in [4.78, 5) is 0. The maximum absolute atomic E-state index is 12.5. The second kappa shape index (κ2) is 5.12. The molecule has 1 nitrogen and oxygen atoms in total. The largest absolute Gasteiger partial charge is 0.489 e. The molecule has 93 valence electrons. The molecule has 0 N–H and O–H groups in total. The first-order valence-corrected chi connectivity index (χ1v) is 5.31. The van der Waals surface area contributed by atoms with E-state index in [1.165, 1.54) is 6.07 Å². The quantitative estimate of drug-likeness (QED) is 0.798. The molecule has 1 radical (unpaired) electrons. The van der Waals surface area contributed by atoms with Crippen LogP contribution in [0.25, 0.3) is 0 Å². The Kier molecular flexibility index (Phi) is 3.55. The van der Waals surface area contributed by atoms with E-state index in [-0.39, 0.29) is 12.4 Å². The van der Waals surface area contributed by atoms with Crippen molar-refractivity contribution in [2.45, 2.75) is 12.8 Å². The van der Waals surface area contributed by atoms with Crippen molar-refractivity contribution in [3.63, 3.8) is 0 Å². The molecule has 0 saturated carbocycles. The number of hydrogen-bond donors (Lipinski definition) is 0. The summed E-state index contributed by atoms with van der Waals surface area (Å²) < 4.78 is 42.7. The molecule has 0 aliphatic heterocycles. The van der Waals surface area contributed by atoms with Gasteiger partial charge in [-0.3, -0.25) is 0 Å². The van der Waals surface area contributed by atoms with Gasteiger partial charge < -0.3 is 4.74 Å². The lowest BCUT2D eigenvalue weighted by Crippen LogP contribution is -2.05. The predicted octanol–water partition coefficient (Wildman–Crippen LogP) is 4.08. The minimum atomic E-state index is -4.37. The van der Waals surface area contributed by atoms with E-state index in [0.29, 0.717) is 0 Å². The van der Waals surface area contributed by atoms with Crippen LogP contribution < -0.4 is 4.74 Å². The van der Waals surface area contributed by atoms with Crippen molar-refractivity contribution < 1.29 is 17.9 Å². The van der Waals surface area contributed by atoms with Crippen LogP contribution in [0.2, 0.25) is 0 Å². The van der Waals surface area contributed by atoms with Crippen LogP contribution in [0.4, 0.5) is 13.2 Å². The van der Waals surface area contributed by atoms with E-state index in [2.05, 4.69) is 6.07 Å². The van der Waals surface area contributed by atoms with E-state index < -0.39 is 11.7 Å². The molecule has 0 heterocycles. The van der Waals surface area contributed by atoms with Gasteiger partial charge in [0.1, 0.15) is 12.4 Å². The Morgan fingerprint density at radius 2 is 1.78 bits per heavy atom. The van der Waals surface area contributed by atoms with Crippen LogP contribution in [0.1, 0.15) is 11.1 Å². The summed E-state index contributed by atoms with van der Waals surface area (Å²) in [5.74, 6) is 0.161. The number of hydrogen-bond acceptors (Lipinski definition) is 1. The van der Waals surface area contributed by atoms with Gasteiger partial charge in [0.15, 0.2) is 0 Å². The van der Waals surface area contributed by atoms with Gasteiger partial charge in [-0.1, -0.05) is 30.3 Å². The molecule has 0 fully saturated rings. The van der Waals surface area contributed by atoms with Crippen molar-refractivity contribution in [1.29, 1.82) is 0 Å². The lowest BCUT2D eigenvalue weighted by atomic mass is 10.2. The normalized spacial score (nSPS) is 11.3. The monoisotopic (exact) mass is 251 g/mol. The molecular formula is C14H10F3O. The van der Waals surface area contributed by atoms with Gasteiger partial charge in [-0.2, -0.15) is 13.2 Å². The number of halogens is 3. The maximum atomic E-state index is 12.5. The Balaban J connectivity index is 2.06. The highest BCUT2D eigenvalue weighted by Gasteiger charge is 2.30. The zero-order chi connectivity index (χ0) is 13.0. The van der Waals surface area contributed by atoms with Gasteiger partial charge >= 0.3 is 6.18 Å². The highest BCUT2D eigenvalue weighted by Crippen LogP contribution is 2.31. The van der Waals surface area contributed by atoms with Crippen LogP contribution in [-0.2, 0) is 12.8 Å². The van der Waals surface area contributed by atoms with E-state index >= 15 is 0 Å². The Hall–Kier alpha value is -1.97. The van der Waals surface area contributed by atoms with Crippen molar-refractivity contribution >= 4 is 0 Å². The fourth-order valence-corrected chi connectivity index (χ4v) is 1.44. The molecule has 0 aliphatic carbocycles. The third kappa shape index (κ3) is 3.26. The van der Waals surface area contributed by atoms with Gasteiger partial charge in [-0.15, -0.1) is 0 Å². The van der Waals surface area contributed by atoms with Crippen LogP contribution in [0.5, 0.6) is 5.75 Å². The number of benzene rings is 2. The standard InChI is InChI=1S/C14H10F3O/c15-14(16,17)12-7-4-8-13(9-12)18-10-11-5-2-1-3-6-11/h1-3,5-9H,10H2. The SMILES string of the molecule is FC(F)(F)c1c[c]cc(OCc2ccccc2)c1. The molecule has 0 aliphatic rings. The number of rotatable bonds is 3. The first kappa shape index (κ1) is 12.5. The van der Waals surface area contributed by atoms with Crippen molar-refractivity contribution in [1.82, 2.24) is 0 Å². The zero-order valence-corrected chi connectivity index (χ0v) is 9.37. The average Bonchev–Trinajstić information content (AvgIpc) is 2.37. The fraction of sp³-hybridized carbons (Fsp3) is 0.143. The summed E-state index contributed by atoms with van der Waals surface area (Å²) in [6, 6.07) is 14.9. The summed E-state index contributed by atoms with van der Waals surface area (Å²) in [7, 11) is 0. The molecule has 2 aromatic rings. The Labute approximate surface area is 103 Å². The van der Waals surface area contributed by atoms with Crippen molar-refractivity contribution in [3.05, 3.63) is 65.7 Å². The third-order valence-electron chi connectivity index (χ3n) is 2.34. The molecule has 0 spiro atoms. The summed E-state index contributed by atoms with van der Waals surface area (Å²) in [5.41, 5.74) is 0.142. The van der Waals surface area contributed by atoms with Gasteiger partial charge in [0.25, 0.3) is 0 Å². The van der Waals surface area contributed by atoms with Crippen LogP contribution in [0.15, 0.2) is 48.5 Å². The smallest absolute Gasteiger partial charge is 0.416 e. The van der Waals surface area contributed by atoms with E-state index in [9.17, 15) is 13.2 Å². The van der Waals surface area contributed by atoms with E-state index in [0.717, 1.165) is 17.7 Å². The van der Waals surface area contributed by atoms with E-state index in [4.69, 9.17) is 4.74 Å². The summed E-state index contributed by atoms with van der Waals surface area (Å²) in [6.45, 7) is 0.232. The van der Waals surface area contributed by atoms with Gasteiger partial charge in [-0.25, -0.2) is 0 Å². The van der Waals surface area contributed by atoms with Crippen LogP contribution in [0, 0.1) is 6.07 Å². The minimum absolute atomic E-state index is 0.161. The van der Waals surface area contributed by atoms with E-state index in [1.807, 2.05) is 30.3 Å². The number of ether oxygens (including phenoxy) is 1. The van der Waals surface area contributed by atoms with Crippen LogP contribution in [-0.4, -0.2) is 0 Å². The lowest BCUT2D eigenvalue weighted by Gasteiger charge is -2.10. The molecule has 0 saturated heterocycles.